The number of halogens is 3. The molecule has 0 unspecified atom stereocenters. The first-order chi connectivity index (χ1) is 12.0. The van der Waals surface area contributed by atoms with E-state index in [9.17, 15) is 13.2 Å². The zero-order chi connectivity index (χ0) is 17.9. The Morgan fingerprint density at radius 1 is 1.08 bits per heavy atom. The number of hydrogen-bond donors (Lipinski definition) is 0. The van der Waals surface area contributed by atoms with E-state index < -0.39 is 11.7 Å². The van der Waals surface area contributed by atoms with Crippen LogP contribution in [-0.2, 0) is 18.5 Å². The number of aromatic nitrogens is 4. The Labute approximate surface area is 147 Å². The first-order valence-electron chi connectivity index (χ1n) is 7.61. The first kappa shape index (κ1) is 17.5. The Hall–Kier alpha value is -2.35. The molecule has 0 aliphatic carbocycles. The zero-order valence-electron chi connectivity index (χ0n) is 13.4. The van der Waals surface area contributed by atoms with E-state index in [0.717, 1.165) is 17.5 Å². The average molecular weight is 364 g/mol. The van der Waals surface area contributed by atoms with Crippen LogP contribution in [0.15, 0.2) is 53.9 Å². The molecule has 2 aromatic heterocycles. The van der Waals surface area contributed by atoms with Gasteiger partial charge in [0.2, 0.25) is 0 Å². The SMILES string of the molecule is CCn1c(SCc2cccc(C(F)(F)F)c2)nnc1-c1ccncc1. The summed E-state index contributed by atoms with van der Waals surface area (Å²) in [7, 11) is 0. The Bertz CT molecular complexity index is 847. The monoisotopic (exact) mass is 364 g/mol. The molecule has 3 aromatic rings. The summed E-state index contributed by atoms with van der Waals surface area (Å²) in [4.78, 5) is 3.98. The second-order valence-corrected chi connectivity index (χ2v) is 6.22. The number of alkyl halides is 3. The maximum atomic E-state index is 12.8. The molecule has 3 rings (SSSR count). The van der Waals surface area contributed by atoms with Gasteiger partial charge in [-0.25, -0.2) is 0 Å². The second-order valence-electron chi connectivity index (χ2n) is 5.27. The minimum absolute atomic E-state index is 0.387. The van der Waals surface area contributed by atoms with Crippen molar-refractivity contribution in [1.29, 1.82) is 0 Å². The van der Waals surface area contributed by atoms with E-state index in [2.05, 4.69) is 15.2 Å². The van der Waals surface area contributed by atoms with E-state index >= 15 is 0 Å². The van der Waals surface area contributed by atoms with Crippen LogP contribution in [0.2, 0.25) is 0 Å². The highest BCUT2D eigenvalue weighted by molar-refractivity contribution is 7.98. The van der Waals surface area contributed by atoms with Crippen LogP contribution in [0.1, 0.15) is 18.1 Å². The highest BCUT2D eigenvalue weighted by atomic mass is 32.2. The summed E-state index contributed by atoms with van der Waals surface area (Å²) in [5.74, 6) is 1.11. The van der Waals surface area contributed by atoms with Crippen LogP contribution in [-0.4, -0.2) is 19.7 Å². The summed E-state index contributed by atoms with van der Waals surface area (Å²) in [5.41, 5.74) is 0.853. The molecule has 0 atom stereocenters. The highest BCUT2D eigenvalue weighted by Gasteiger charge is 2.30. The minimum Gasteiger partial charge on any atom is -0.302 e. The van der Waals surface area contributed by atoms with Gasteiger partial charge in [0.25, 0.3) is 0 Å². The highest BCUT2D eigenvalue weighted by Crippen LogP contribution is 2.31. The molecular formula is C17H15F3N4S. The third-order valence-corrected chi connectivity index (χ3v) is 4.63. The van der Waals surface area contributed by atoms with Crippen LogP contribution < -0.4 is 0 Å². The van der Waals surface area contributed by atoms with Crippen LogP contribution in [0, 0.1) is 0 Å². The fourth-order valence-electron chi connectivity index (χ4n) is 2.38. The summed E-state index contributed by atoms with van der Waals surface area (Å²) in [6.45, 7) is 2.64. The predicted molar refractivity (Wildman–Crippen MR) is 89.9 cm³/mol. The molecule has 8 heteroatoms. The predicted octanol–water partition coefficient (Wildman–Crippen LogP) is 4.67. The molecule has 0 radical (unpaired) electrons. The lowest BCUT2D eigenvalue weighted by atomic mass is 10.1. The van der Waals surface area contributed by atoms with Gasteiger partial charge in [0.15, 0.2) is 11.0 Å². The Balaban J connectivity index is 1.80. The van der Waals surface area contributed by atoms with E-state index in [4.69, 9.17) is 0 Å². The summed E-state index contributed by atoms with van der Waals surface area (Å²) in [6.07, 6.45) is -0.975. The molecule has 130 valence electrons. The molecular weight excluding hydrogens is 349 g/mol. The van der Waals surface area contributed by atoms with Gasteiger partial charge in [-0.1, -0.05) is 30.0 Å². The van der Waals surface area contributed by atoms with Crippen LogP contribution in [0.3, 0.4) is 0 Å². The molecule has 0 spiro atoms. The van der Waals surface area contributed by atoms with Crippen molar-refractivity contribution < 1.29 is 13.2 Å². The number of hydrogen-bond acceptors (Lipinski definition) is 4. The van der Waals surface area contributed by atoms with Crippen LogP contribution in [0.5, 0.6) is 0 Å². The van der Waals surface area contributed by atoms with Gasteiger partial charge in [-0.2, -0.15) is 13.2 Å². The first-order valence-corrected chi connectivity index (χ1v) is 8.60. The molecule has 0 fully saturated rings. The molecule has 0 aliphatic rings. The van der Waals surface area contributed by atoms with Crippen molar-refractivity contribution >= 4 is 11.8 Å². The van der Waals surface area contributed by atoms with E-state index in [1.165, 1.54) is 23.9 Å². The molecule has 1 aromatic carbocycles. The van der Waals surface area contributed by atoms with E-state index in [1.54, 1.807) is 18.5 Å². The number of benzene rings is 1. The van der Waals surface area contributed by atoms with Crippen molar-refractivity contribution in [3.63, 3.8) is 0 Å². The van der Waals surface area contributed by atoms with E-state index in [-0.39, 0.29) is 0 Å². The zero-order valence-corrected chi connectivity index (χ0v) is 14.2. The molecule has 0 saturated heterocycles. The molecule has 25 heavy (non-hydrogen) atoms. The Morgan fingerprint density at radius 2 is 1.84 bits per heavy atom. The molecule has 0 saturated carbocycles. The fourth-order valence-corrected chi connectivity index (χ4v) is 3.33. The van der Waals surface area contributed by atoms with E-state index in [1.807, 2.05) is 23.6 Å². The van der Waals surface area contributed by atoms with Gasteiger partial charge in [0.05, 0.1) is 5.56 Å². The topological polar surface area (TPSA) is 43.6 Å². The summed E-state index contributed by atoms with van der Waals surface area (Å²) in [5, 5.41) is 9.07. The smallest absolute Gasteiger partial charge is 0.302 e. The van der Waals surface area contributed by atoms with Gasteiger partial charge in [-0.05, 0) is 30.7 Å². The molecule has 4 nitrogen and oxygen atoms in total. The minimum atomic E-state index is -4.33. The van der Waals surface area contributed by atoms with Gasteiger partial charge in [0.1, 0.15) is 0 Å². The van der Waals surface area contributed by atoms with Crippen molar-refractivity contribution in [2.45, 2.75) is 30.6 Å². The van der Waals surface area contributed by atoms with Crippen LogP contribution in [0.25, 0.3) is 11.4 Å². The molecule has 0 N–H and O–H groups in total. The van der Waals surface area contributed by atoms with Crippen molar-refractivity contribution in [2.24, 2.45) is 0 Å². The molecule has 0 amide bonds. The number of thioether (sulfide) groups is 1. The van der Waals surface area contributed by atoms with Crippen molar-refractivity contribution in [3.05, 3.63) is 59.9 Å². The van der Waals surface area contributed by atoms with E-state index in [0.29, 0.717) is 23.0 Å². The van der Waals surface area contributed by atoms with Gasteiger partial charge < -0.3 is 4.57 Å². The van der Waals surface area contributed by atoms with Crippen molar-refractivity contribution in [2.75, 3.05) is 0 Å². The summed E-state index contributed by atoms with van der Waals surface area (Å²) in [6, 6.07) is 9.03. The Morgan fingerprint density at radius 3 is 2.52 bits per heavy atom. The number of pyridine rings is 1. The maximum Gasteiger partial charge on any atom is 0.416 e. The normalized spacial score (nSPS) is 11.7. The Kier molecular flexibility index (Phi) is 5.08. The lowest BCUT2D eigenvalue weighted by Crippen LogP contribution is -2.05. The third-order valence-electron chi connectivity index (χ3n) is 3.59. The number of rotatable bonds is 5. The second kappa shape index (κ2) is 7.26. The molecule has 2 heterocycles. The third kappa shape index (κ3) is 4.01. The molecule has 0 bridgehead atoms. The van der Waals surface area contributed by atoms with Crippen LogP contribution in [0.4, 0.5) is 13.2 Å². The number of nitrogens with zero attached hydrogens (tertiary/aromatic N) is 4. The maximum absolute atomic E-state index is 12.8. The standard InChI is InChI=1S/C17H15F3N4S/c1-2-24-15(13-6-8-21-9-7-13)22-23-16(24)25-11-12-4-3-5-14(10-12)17(18,19)20/h3-10H,2,11H2,1H3. The van der Waals surface area contributed by atoms with Crippen molar-refractivity contribution in [1.82, 2.24) is 19.7 Å². The van der Waals surface area contributed by atoms with Gasteiger partial charge in [-0.15, -0.1) is 10.2 Å². The van der Waals surface area contributed by atoms with Gasteiger partial charge >= 0.3 is 6.18 Å². The summed E-state index contributed by atoms with van der Waals surface area (Å²) < 4.78 is 40.3. The van der Waals surface area contributed by atoms with Crippen LogP contribution >= 0.6 is 11.8 Å². The molecule has 0 aliphatic heterocycles. The fraction of sp³-hybridized carbons (Fsp3) is 0.235. The average Bonchev–Trinajstić information content (AvgIpc) is 3.03. The quantitative estimate of drug-likeness (QED) is 0.617. The van der Waals surface area contributed by atoms with Gasteiger partial charge in [0, 0.05) is 30.3 Å². The largest absolute Gasteiger partial charge is 0.416 e. The lowest BCUT2D eigenvalue weighted by molar-refractivity contribution is -0.137. The summed E-state index contributed by atoms with van der Waals surface area (Å²) >= 11 is 1.37. The lowest BCUT2D eigenvalue weighted by Gasteiger charge is -2.09. The van der Waals surface area contributed by atoms with Crippen molar-refractivity contribution in [3.8, 4) is 11.4 Å². The van der Waals surface area contributed by atoms with Gasteiger partial charge in [-0.3, -0.25) is 4.98 Å².